The highest BCUT2D eigenvalue weighted by molar-refractivity contribution is 5.97. The SMILES string of the molecule is CCOC(=O)[C@H](Cc1ccccc1)N(C)C(=O)c1cccc(C#N)c1. The van der Waals surface area contributed by atoms with Gasteiger partial charge in [-0.25, -0.2) is 4.79 Å². The standard InChI is InChI=1S/C20H20N2O3/c1-3-25-20(24)18(13-15-8-5-4-6-9-15)22(2)19(23)17-11-7-10-16(12-17)14-21/h4-12,18H,3,13H2,1-2H3/t18-/m0/s1. The van der Waals surface area contributed by atoms with Crippen molar-refractivity contribution in [2.75, 3.05) is 13.7 Å². The molecule has 0 radical (unpaired) electrons. The normalized spacial score (nSPS) is 11.2. The van der Waals surface area contributed by atoms with Gasteiger partial charge in [-0.1, -0.05) is 36.4 Å². The van der Waals surface area contributed by atoms with Gasteiger partial charge in [0, 0.05) is 19.0 Å². The van der Waals surface area contributed by atoms with Gasteiger partial charge in [0.1, 0.15) is 6.04 Å². The van der Waals surface area contributed by atoms with E-state index in [1.54, 1.807) is 32.2 Å². The number of ether oxygens (including phenoxy) is 1. The summed E-state index contributed by atoms with van der Waals surface area (Å²) >= 11 is 0. The minimum absolute atomic E-state index is 0.246. The summed E-state index contributed by atoms with van der Waals surface area (Å²) in [5.41, 5.74) is 1.70. The van der Waals surface area contributed by atoms with E-state index in [0.29, 0.717) is 17.5 Å². The van der Waals surface area contributed by atoms with Crippen molar-refractivity contribution in [2.24, 2.45) is 0 Å². The second-order valence-corrected chi connectivity index (χ2v) is 5.57. The third-order valence-corrected chi connectivity index (χ3v) is 3.86. The predicted octanol–water partition coefficient (Wildman–Crippen LogP) is 2.80. The van der Waals surface area contributed by atoms with Crippen molar-refractivity contribution < 1.29 is 14.3 Å². The van der Waals surface area contributed by atoms with Gasteiger partial charge in [-0.2, -0.15) is 5.26 Å². The minimum atomic E-state index is -0.736. The summed E-state index contributed by atoms with van der Waals surface area (Å²) in [6.45, 7) is 1.98. The van der Waals surface area contributed by atoms with E-state index in [2.05, 4.69) is 0 Å². The topological polar surface area (TPSA) is 70.4 Å². The summed E-state index contributed by atoms with van der Waals surface area (Å²) < 4.78 is 5.14. The minimum Gasteiger partial charge on any atom is -0.464 e. The Morgan fingerprint density at radius 1 is 1.16 bits per heavy atom. The lowest BCUT2D eigenvalue weighted by atomic mass is 10.0. The van der Waals surface area contributed by atoms with Crippen molar-refractivity contribution >= 4 is 11.9 Å². The van der Waals surface area contributed by atoms with Crippen molar-refractivity contribution in [1.82, 2.24) is 4.90 Å². The molecule has 0 N–H and O–H groups in total. The molecule has 0 bridgehead atoms. The first-order chi connectivity index (χ1) is 12.1. The quantitative estimate of drug-likeness (QED) is 0.761. The summed E-state index contributed by atoms with van der Waals surface area (Å²) in [4.78, 5) is 26.5. The lowest BCUT2D eigenvalue weighted by Crippen LogP contribution is -2.44. The molecule has 5 nitrogen and oxygen atoms in total. The molecular formula is C20H20N2O3. The van der Waals surface area contributed by atoms with Crippen molar-refractivity contribution in [3.8, 4) is 6.07 Å². The summed E-state index contributed by atoms with van der Waals surface area (Å²) in [7, 11) is 1.58. The van der Waals surface area contributed by atoms with E-state index in [4.69, 9.17) is 10.00 Å². The number of benzene rings is 2. The number of carbonyl (C=O) groups is 2. The van der Waals surface area contributed by atoms with Gasteiger partial charge in [0.25, 0.3) is 5.91 Å². The zero-order valence-corrected chi connectivity index (χ0v) is 14.3. The predicted molar refractivity (Wildman–Crippen MR) is 93.8 cm³/mol. The molecule has 25 heavy (non-hydrogen) atoms. The van der Waals surface area contributed by atoms with Gasteiger partial charge in [0.05, 0.1) is 18.2 Å². The Labute approximate surface area is 147 Å². The van der Waals surface area contributed by atoms with Crippen LogP contribution in [0.15, 0.2) is 54.6 Å². The Balaban J connectivity index is 2.27. The number of esters is 1. The fraction of sp³-hybridized carbons (Fsp3) is 0.250. The molecular weight excluding hydrogens is 316 g/mol. The van der Waals surface area contributed by atoms with Crippen LogP contribution in [0.3, 0.4) is 0 Å². The first-order valence-corrected chi connectivity index (χ1v) is 8.04. The van der Waals surface area contributed by atoms with E-state index < -0.39 is 12.0 Å². The van der Waals surface area contributed by atoms with E-state index in [9.17, 15) is 9.59 Å². The number of hydrogen-bond acceptors (Lipinski definition) is 4. The van der Waals surface area contributed by atoms with Gasteiger partial charge >= 0.3 is 5.97 Å². The fourth-order valence-electron chi connectivity index (χ4n) is 2.52. The fourth-order valence-corrected chi connectivity index (χ4v) is 2.52. The average Bonchev–Trinajstić information content (AvgIpc) is 2.66. The van der Waals surface area contributed by atoms with Gasteiger partial charge in [-0.15, -0.1) is 0 Å². The Morgan fingerprint density at radius 3 is 2.52 bits per heavy atom. The Bertz CT molecular complexity index is 781. The Kier molecular flexibility index (Phi) is 6.30. The molecule has 0 spiro atoms. The first kappa shape index (κ1) is 18.2. The highest BCUT2D eigenvalue weighted by Crippen LogP contribution is 2.14. The molecule has 2 rings (SSSR count). The first-order valence-electron chi connectivity index (χ1n) is 8.04. The molecule has 0 saturated carbocycles. The lowest BCUT2D eigenvalue weighted by molar-refractivity contribution is -0.148. The maximum absolute atomic E-state index is 12.8. The van der Waals surface area contributed by atoms with Gasteiger partial charge in [-0.05, 0) is 30.7 Å². The van der Waals surface area contributed by atoms with E-state index in [1.807, 2.05) is 36.4 Å². The number of nitrogens with zero attached hydrogens (tertiary/aromatic N) is 2. The van der Waals surface area contributed by atoms with Gasteiger partial charge in [0.2, 0.25) is 0 Å². The molecule has 2 aromatic rings. The third kappa shape index (κ3) is 4.67. The zero-order chi connectivity index (χ0) is 18.2. The molecule has 0 aliphatic rings. The Hall–Kier alpha value is -3.13. The van der Waals surface area contributed by atoms with Crippen molar-refractivity contribution in [2.45, 2.75) is 19.4 Å². The van der Waals surface area contributed by atoms with Crippen molar-refractivity contribution in [3.05, 3.63) is 71.3 Å². The van der Waals surface area contributed by atoms with Gasteiger partial charge < -0.3 is 9.64 Å². The van der Waals surface area contributed by atoms with Crippen LogP contribution in [0, 0.1) is 11.3 Å². The number of amides is 1. The monoisotopic (exact) mass is 336 g/mol. The highest BCUT2D eigenvalue weighted by Gasteiger charge is 2.29. The van der Waals surface area contributed by atoms with Gasteiger partial charge in [-0.3, -0.25) is 4.79 Å². The van der Waals surface area contributed by atoms with Crippen LogP contribution in [0.2, 0.25) is 0 Å². The molecule has 0 fully saturated rings. The van der Waals surface area contributed by atoms with Crippen LogP contribution < -0.4 is 0 Å². The summed E-state index contributed by atoms with van der Waals surface area (Å²) in [5.74, 6) is -0.773. The summed E-state index contributed by atoms with van der Waals surface area (Å²) in [6.07, 6.45) is 0.361. The second kappa shape index (κ2) is 8.65. The average molecular weight is 336 g/mol. The number of nitriles is 1. The molecule has 0 heterocycles. The summed E-state index contributed by atoms with van der Waals surface area (Å²) in [6, 6.07) is 17.2. The maximum Gasteiger partial charge on any atom is 0.329 e. The molecule has 5 heteroatoms. The second-order valence-electron chi connectivity index (χ2n) is 5.57. The molecule has 0 aliphatic carbocycles. The molecule has 2 aromatic carbocycles. The number of likely N-dealkylation sites (N-methyl/N-ethyl adjacent to an activating group) is 1. The van der Waals surface area contributed by atoms with Gasteiger partial charge in [0.15, 0.2) is 0 Å². The van der Waals surface area contributed by atoms with Crippen LogP contribution in [-0.2, 0) is 16.0 Å². The molecule has 128 valence electrons. The zero-order valence-electron chi connectivity index (χ0n) is 14.3. The van der Waals surface area contributed by atoms with E-state index in [1.165, 1.54) is 11.0 Å². The largest absolute Gasteiger partial charge is 0.464 e. The smallest absolute Gasteiger partial charge is 0.329 e. The van der Waals surface area contributed by atoms with Crippen LogP contribution >= 0.6 is 0 Å². The molecule has 0 unspecified atom stereocenters. The third-order valence-electron chi connectivity index (χ3n) is 3.86. The summed E-state index contributed by atoms with van der Waals surface area (Å²) in [5, 5.41) is 9.00. The molecule has 0 aliphatic heterocycles. The molecule has 0 saturated heterocycles. The van der Waals surface area contributed by atoms with Crippen LogP contribution in [0.25, 0.3) is 0 Å². The van der Waals surface area contributed by atoms with Crippen molar-refractivity contribution in [3.63, 3.8) is 0 Å². The molecule has 1 amide bonds. The highest BCUT2D eigenvalue weighted by atomic mass is 16.5. The number of rotatable bonds is 6. The Morgan fingerprint density at radius 2 is 1.88 bits per heavy atom. The molecule has 1 atom stereocenters. The molecule has 0 aromatic heterocycles. The van der Waals surface area contributed by atoms with E-state index in [0.717, 1.165) is 5.56 Å². The van der Waals surface area contributed by atoms with Crippen LogP contribution in [0.4, 0.5) is 0 Å². The van der Waals surface area contributed by atoms with Crippen LogP contribution in [0.1, 0.15) is 28.4 Å². The van der Waals surface area contributed by atoms with Crippen LogP contribution in [0.5, 0.6) is 0 Å². The van der Waals surface area contributed by atoms with E-state index in [-0.39, 0.29) is 12.5 Å². The van der Waals surface area contributed by atoms with Crippen LogP contribution in [-0.4, -0.2) is 36.5 Å². The van der Waals surface area contributed by atoms with Crippen molar-refractivity contribution in [1.29, 1.82) is 5.26 Å². The lowest BCUT2D eigenvalue weighted by Gasteiger charge is -2.26. The number of hydrogen-bond donors (Lipinski definition) is 0. The maximum atomic E-state index is 12.8. The van der Waals surface area contributed by atoms with E-state index >= 15 is 0 Å². The number of carbonyl (C=O) groups excluding carboxylic acids is 2.